The maximum Gasteiger partial charge on any atom is 0.253 e. The van der Waals surface area contributed by atoms with E-state index in [0.29, 0.717) is 12.1 Å². The molecule has 3 heteroatoms. The molecule has 0 radical (unpaired) electrons. The summed E-state index contributed by atoms with van der Waals surface area (Å²) in [5.41, 5.74) is 6.63. The highest BCUT2D eigenvalue weighted by Crippen LogP contribution is 2.23. The SMILES string of the molecule is CNCc1ccc2c(CN(C)C(=O)c3ccc(-c4ccc(C)cc4)cc3)cccc2c1. The lowest BCUT2D eigenvalue weighted by Gasteiger charge is -2.19. The second-order valence-corrected chi connectivity index (χ2v) is 8.11. The molecule has 0 aliphatic rings. The number of nitrogens with zero attached hydrogens (tertiary/aromatic N) is 1. The molecule has 0 aliphatic carbocycles. The number of fused-ring (bicyclic) bond motifs is 1. The molecular weight excluding hydrogens is 380 g/mol. The number of aryl methyl sites for hydroxylation is 1. The van der Waals surface area contributed by atoms with Gasteiger partial charge in [0.2, 0.25) is 0 Å². The Balaban J connectivity index is 1.51. The van der Waals surface area contributed by atoms with Crippen molar-refractivity contribution in [2.75, 3.05) is 14.1 Å². The molecule has 0 heterocycles. The minimum Gasteiger partial charge on any atom is -0.337 e. The van der Waals surface area contributed by atoms with Gasteiger partial charge < -0.3 is 10.2 Å². The van der Waals surface area contributed by atoms with Crippen LogP contribution in [0.25, 0.3) is 21.9 Å². The largest absolute Gasteiger partial charge is 0.337 e. The van der Waals surface area contributed by atoms with Crippen molar-refractivity contribution >= 4 is 16.7 Å². The number of hydrogen-bond acceptors (Lipinski definition) is 2. The molecule has 1 amide bonds. The number of amides is 1. The molecule has 0 saturated carbocycles. The third-order valence-electron chi connectivity index (χ3n) is 5.69. The molecule has 31 heavy (non-hydrogen) atoms. The summed E-state index contributed by atoms with van der Waals surface area (Å²) in [5, 5.41) is 5.59. The molecule has 0 spiro atoms. The number of carbonyl (C=O) groups is 1. The lowest BCUT2D eigenvalue weighted by Crippen LogP contribution is -2.26. The highest BCUT2D eigenvalue weighted by Gasteiger charge is 2.14. The van der Waals surface area contributed by atoms with Crippen molar-refractivity contribution in [3.8, 4) is 11.1 Å². The molecule has 0 saturated heterocycles. The Morgan fingerprint density at radius 3 is 2.23 bits per heavy atom. The first kappa shape index (κ1) is 20.8. The van der Waals surface area contributed by atoms with Gasteiger partial charge in [-0.1, -0.05) is 72.3 Å². The van der Waals surface area contributed by atoms with E-state index >= 15 is 0 Å². The second kappa shape index (κ2) is 9.15. The van der Waals surface area contributed by atoms with Crippen LogP contribution in [0.2, 0.25) is 0 Å². The first-order valence-corrected chi connectivity index (χ1v) is 10.6. The van der Waals surface area contributed by atoms with Crippen LogP contribution < -0.4 is 5.32 Å². The zero-order valence-corrected chi connectivity index (χ0v) is 18.4. The van der Waals surface area contributed by atoms with E-state index < -0.39 is 0 Å². The van der Waals surface area contributed by atoms with Gasteiger partial charge >= 0.3 is 0 Å². The van der Waals surface area contributed by atoms with Crippen LogP contribution in [0.1, 0.15) is 27.0 Å². The fraction of sp³-hybridized carbons (Fsp3) is 0.179. The van der Waals surface area contributed by atoms with Crippen LogP contribution in [0.4, 0.5) is 0 Å². The molecule has 0 atom stereocenters. The maximum absolute atomic E-state index is 13.0. The van der Waals surface area contributed by atoms with Crippen molar-refractivity contribution in [2.45, 2.75) is 20.0 Å². The molecule has 0 aliphatic heterocycles. The number of nitrogens with one attached hydrogen (secondary N) is 1. The lowest BCUT2D eigenvalue weighted by molar-refractivity contribution is 0.0785. The summed E-state index contributed by atoms with van der Waals surface area (Å²) in [6.07, 6.45) is 0. The molecule has 156 valence electrons. The van der Waals surface area contributed by atoms with E-state index in [1.165, 1.54) is 21.9 Å². The second-order valence-electron chi connectivity index (χ2n) is 8.11. The van der Waals surface area contributed by atoms with Gasteiger partial charge in [0.05, 0.1) is 0 Å². The van der Waals surface area contributed by atoms with E-state index in [9.17, 15) is 4.79 Å². The summed E-state index contributed by atoms with van der Waals surface area (Å²) in [6, 6.07) is 29.1. The van der Waals surface area contributed by atoms with E-state index in [1.54, 1.807) is 4.90 Å². The van der Waals surface area contributed by atoms with Crippen molar-refractivity contribution < 1.29 is 4.79 Å². The van der Waals surface area contributed by atoms with Crippen LogP contribution in [0.5, 0.6) is 0 Å². The van der Waals surface area contributed by atoms with Gasteiger partial charge in [-0.2, -0.15) is 0 Å². The molecule has 0 aromatic heterocycles. The van der Waals surface area contributed by atoms with Gasteiger partial charge in [0.1, 0.15) is 0 Å². The Labute approximate surface area is 184 Å². The van der Waals surface area contributed by atoms with Crippen LogP contribution in [-0.2, 0) is 13.1 Å². The summed E-state index contributed by atoms with van der Waals surface area (Å²) in [6.45, 7) is 3.50. The van der Waals surface area contributed by atoms with Gasteiger partial charge in [0.15, 0.2) is 0 Å². The Morgan fingerprint density at radius 1 is 0.871 bits per heavy atom. The predicted octanol–water partition coefficient (Wildman–Crippen LogP) is 5.81. The van der Waals surface area contributed by atoms with Gasteiger partial charge in [-0.15, -0.1) is 0 Å². The lowest BCUT2D eigenvalue weighted by atomic mass is 10.0. The minimum absolute atomic E-state index is 0.0271. The number of rotatable bonds is 6. The molecule has 4 aromatic carbocycles. The van der Waals surface area contributed by atoms with Crippen molar-refractivity contribution in [3.63, 3.8) is 0 Å². The molecule has 3 nitrogen and oxygen atoms in total. The normalized spacial score (nSPS) is 10.9. The zero-order valence-electron chi connectivity index (χ0n) is 18.4. The van der Waals surface area contributed by atoms with Crippen LogP contribution in [-0.4, -0.2) is 24.9 Å². The van der Waals surface area contributed by atoms with Gasteiger partial charge in [-0.3, -0.25) is 4.79 Å². The van der Waals surface area contributed by atoms with E-state index in [0.717, 1.165) is 23.2 Å². The number of carbonyl (C=O) groups excluding carboxylic acids is 1. The first-order chi connectivity index (χ1) is 15.0. The third kappa shape index (κ3) is 4.68. The Kier molecular flexibility index (Phi) is 6.15. The Morgan fingerprint density at radius 2 is 1.55 bits per heavy atom. The van der Waals surface area contributed by atoms with E-state index in [4.69, 9.17) is 0 Å². The number of benzene rings is 4. The molecule has 4 aromatic rings. The first-order valence-electron chi connectivity index (χ1n) is 10.6. The summed E-state index contributed by atoms with van der Waals surface area (Å²) < 4.78 is 0. The molecule has 0 fully saturated rings. The highest BCUT2D eigenvalue weighted by atomic mass is 16.2. The smallest absolute Gasteiger partial charge is 0.253 e. The summed E-state index contributed by atoms with van der Waals surface area (Å²) in [4.78, 5) is 14.8. The zero-order chi connectivity index (χ0) is 21.8. The average molecular weight is 409 g/mol. The van der Waals surface area contributed by atoms with Crippen LogP contribution in [0.15, 0.2) is 84.9 Å². The molecule has 0 bridgehead atoms. The van der Waals surface area contributed by atoms with E-state index in [1.807, 2.05) is 38.4 Å². The van der Waals surface area contributed by atoms with Crippen molar-refractivity contribution in [3.05, 3.63) is 107 Å². The van der Waals surface area contributed by atoms with E-state index in [-0.39, 0.29) is 5.91 Å². The van der Waals surface area contributed by atoms with Gasteiger partial charge in [0.25, 0.3) is 5.91 Å². The molecule has 1 N–H and O–H groups in total. The topological polar surface area (TPSA) is 32.3 Å². The highest BCUT2D eigenvalue weighted by molar-refractivity contribution is 5.95. The minimum atomic E-state index is 0.0271. The Bertz CT molecular complexity index is 1190. The van der Waals surface area contributed by atoms with Gasteiger partial charge in [-0.25, -0.2) is 0 Å². The van der Waals surface area contributed by atoms with Gasteiger partial charge in [-0.05, 0) is 65.2 Å². The maximum atomic E-state index is 13.0. The van der Waals surface area contributed by atoms with Crippen molar-refractivity contribution in [1.29, 1.82) is 0 Å². The fourth-order valence-electron chi connectivity index (χ4n) is 3.95. The molecular formula is C28H28N2O. The van der Waals surface area contributed by atoms with Crippen LogP contribution in [0, 0.1) is 6.92 Å². The average Bonchev–Trinajstić information content (AvgIpc) is 2.79. The number of hydrogen-bond donors (Lipinski definition) is 1. The predicted molar refractivity (Wildman–Crippen MR) is 129 cm³/mol. The standard InChI is InChI=1S/C28H28N2O/c1-20-7-10-22(11-8-20)23-12-14-24(15-13-23)28(31)30(3)19-26-6-4-5-25-17-21(18-29-2)9-16-27(25)26/h4-17,29H,18-19H2,1-3H3. The quantitative estimate of drug-likeness (QED) is 0.437. The molecule has 0 unspecified atom stereocenters. The van der Waals surface area contributed by atoms with E-state index in [2.05, 4.69) is 72.9 Å². The van der Waals surface area contributed by atoms with Gasteiger partial charge in [0, 0.05) is 25.7 Å². The molecule has 4 rings (SSSR count). The fourth-order valence-corrected chi connectivity index (χ4v) is 3.95. The summed E-state index contributed by atoms with van der Waals surface area (Å²) in [7, 11) is 3.82. The van der Waals surface area contributed by atoms with Crippen LogP contribution >= 0.6 is 0 Å². The summed E-state index contributed by atoms with van der Waals surface area (Å²) in [5.74, 6) is 0.0271. The monoisotopic (exact) mass is 408 g/mol. The third-order valence-corrected chi connectivity index (χ3v) is 5.69. The van der Waals surface area contributed by atoms with Crippen molar-refractivity contribution in [2.24, 2.45) is 0 Å². The van der Waals surface area contributed by atoms with Crippen LogP contribution in [0.3, 0.4) is 0 Å². The summed E-state index contributed by atoms with van der Waals surface area (Å²) >= 11 is 0. The Hall–Kier alpha value is -3.43. The van der Waals surface area contributed by atoms with Crippen molar-refractivity contribution in [1.82, 2.24) is 10.2 Å².